The van der Waals surface area contributed by atoms with E-state index in [0.29, 0.717) is 6.42 Å². The van der Waals surface area contributed by atoms with E-state index in [1.54, 1.807) is 13.4 Å². The number of ether oxygens (including phenoxy) is 1. The van der Waals surface area contributed by atoms with Crippen molar-refractivity contribution in [3.05, 3.63) is 71.8 Å². The van der Waals surface area contributed by atoms with E-state index in [1.807, 2.05) is 31.0 Å². The van der Waals surface area contributed by atoms with E-state index in [2.05, 4.69) is 84.8 Å². The van der Waals surface area contributed by atoms with Crippen LogP contribution in [0, 0.1) is 0 Å². The van der Waals surface area contributed by atoms with E-state index in [-0.39, 0.29) is 0 Å². The molecule has 206 valence electrons. The van der Waals surface area contributed by atoms with E-state index in [9.17, 15) is 0 Å². The number of aryl methyl sites for hydroxylation is 1. The number of nitrogens with zero attached hydrogens (tertiary/aromatic N) is 7. The number of likely N-dealkylation sites (N-methyl/N-ethyl adjacent to an activating group) is 3. The van der Waals surface area contributed by atoms with Gasteiger partial charge in [0.05, 0.1) is 35.9 Å². The van der Waals surface area contributed by atoms with Crippen molar-refractivity contribution in [1.82, 2.24) is 39.8 Å². The second kappa shape index (κ2) is 11.9. The third-order valence-electron chi connectivity index (χ3n) is 7.54. The largest absolute Gasteiger partial charge is 0.501 e. The highest BCUT2D eigenvalue weighted by Gasteiger charge is 2.19. The molecular formula is C29H39N9O. The molecule has 10 heteroatoms. The van der Waals surface area contributed by atoms with Crippen molar-refractivity contribution in [2.75, 3.05) is 72.8 Å². The Labute approximate surface area is 230 Å². The number of aromatic nitrogens is 4. The molecule has 0 bridgehead atoms. The number of benzene rings is 1. The van der Waals surface area contributed by atoms with Gasteiger partial charge in [-0.25, -0.2) is 9.97 Å². The summed E-state index contributed by atoms with van der Waals surface area (Å²) in [7, 11) is 9.97. The lowest BCUT2D eigenvalue weighted by Crippen LogP contribution is -2.46. The quantitative estimate of drug-likeness (QED) is 0.435. The first-order valence-electron chi connectivity index (χ1n) is 13.4. The van der Waals surface area contributed by atoms with Crippen molar-refractivity contribution in [1.29, 1.82) is 0 Å². The van der Waals surface area contributed by atoms with Gasteiger partial charge in [0.15, 0.2) is 0 Å². The Morgan fingerprint density at radius 1 is 1.05 bits per heavy atom. The van der Waals surface area contributed by atoms with Crippen LogP contribution in [0.5, 0.6) is 0 Å². The summed E-state index contributed by atoms with van der Waals surface area (Å²) >= 11 is 0. The third kappa shape index (κ3) is 6.23. The number of nitrogens with one attached hydrogen (secondary N) is 2. The fourth-order valence-electron chi connectivity index (χ4n) is 5.05. The molecule has 2 N–H and O–H groups in total. The van der Waals surface area contributed by atoms with E-state index >= 15 is 0 Å². The SMILES string of the molecule is CNC1=C(N(C)CCN2CCN(C)CC2)C=C(OC)CC(Nc2cc(-c3ccc4c(cnn4C)c3)ncn2)=C1. The van der Waals surface area contributed by atoms with Crippen LogP contribution in [0.25, 0.3) is 22.2 Å². The molecule has 0 saturated carbocycles. The van der Waals surface area contributed by atoms with Crippen LogP contribution in [0.1, 0.15) is 6.42 Å². The molecule has 2 aliphatic rings. The zero-order valence-electron chi connectivity index (χ0n) is 23.6. The van der Waals surface area contributed by atoms with Gasteiger partial charge in [-0.05, 0) is 25.3 Å². The lowest BCUT2D eigenvalue weighted by molar-refractivity contribution is 0.146. The zero-order valence-corrected chi connectivity index (χ0v) is 23.6. The minimum atomic E-state index is 0.623. The van der Waals surface area contributed by atoms with E-state index in [0.717, 1.165) is 90.1 Å². The van der Waals surface area contributed by atoms with Crippen LogP contribution in [-0.2, 0) is 11.8 Å². The van der Waals surface area contributed by atoms with Crippen LogP contribution in [0.4, 0.5) is 5.82 Å². The maximum atomic E-state index is 5.79. The van der Waals surface area contributed by atoms with Gasteiger partial charge < -0.3 is 25.2 Å². The number of methoxy groups -OCH3 is 1. The Kier molecular flexibility index (Phi) is 8.13. The van der Waals surface area contributed by atoms with E-state index in [4.69, 9.17) is 4.74 Å². The molecule has 1 aliphatic carbocycles. The maximum Gasteiger partial charge on any atom is 0.134 e. The highest BCUT2D eigenvalue weighted by atomic mass is 16.5. The summed E-state index contributed by atoms with van der Waals surface area (Å²) in [5, 5.41) is 12.3. The average molecular weight is 530 g/mol. The number of piperazine rings is 1. The number of fused-ring (bicyclic) bond motifs is 1. The van der Waals surface area contributed by atoms with Crippen molar-refractivity contribution >= 4 is 16.7 Å². The molecule has 0 spiro atoms. The molecule has 0 atom stereocenters. The second-order valence-electron chi connectivity index (χ2n) is 10.2. The molecular weight excluding hydrogens is 490 g/mol. The monoisotopic (exact) mass is 529 g/mol. The summed E-state index contributed by atoms with van der Waals surface area (Å²) in [6, 6.07) is 8.23. The number of hydrogen-bond donors (Lipinski definition) is 2. The van der Waals surface area contributed by atoms with Crippen LogP contribution in [-0.4, -0.2) is 102 Å². The summed E-state index contributed by atoms with van der Waals surface area (Å²) in [6.07, 6.45) is 8.38. The predicted molar refractivity (Wildman–Crippen MR) is 156 cm³/mol. The smallest absolute Gasteiger partial charge is 0.134 e. The molecule has 1 fully saturated rings. The first-order valence-corrected chi connectivity index (χ1v) is 13.4. The molecule has 0 radical (unpaired) electrons. The highest BCUT2D eigenvalue weighted by Crippen LogP contribution is 2.27. The average Bonchev–Trinajstić information content (AvgIpc) is 3.22. The summed E-state index contributed by atoms with van der Waals surface area (Å²) < 4.78 is 7.66. The van der Waals surface area contributed by atoms with Gasteiger partial charge in [-0.2, -0.15) is 5.10 Å². The van der Waals surface area contributed by atoms with Crippen LogP contribution in [0.3, 0.4) is 0 Å². The minimum absolute atomic E-state index is 0.623. The first-order chi connectivity index (χ1) is 18.9. The zero-order chi connectivity index (χ0) is 27.4. The predicted octanol–water partition coefficient (Wildman–Crippen LogP) is 2.87. The maximum absolute atomic E-state index is 5.79. The lowest BCUT2D eigenvalue weighted by atomic mass is 10.1. The molecule has 0 amide bonds. The Morgan fingerprint density at radius 3 is 2.64 bits per heavy atom. The Morgan fingerprint density at radius 2 is 1.87 bits per heavy atom. The molecule has 1 saturated heterocycles. The number of anilines is 1. The molecule has 10 nitrogen and oxygen atoms in total. The van der Waals surface area contributed by atoms with Crippen LogP contribution in [0.15, 0.2) is 71.8 Å². The summed E-state index contributed by atoms with van der Waals surface area (Å²) in [6.45, 7) is 6.46. The number of rotatable bonds is 9. The van der Waals surface area contributed by atoms with Crippen molar-refractivity contribution in [2.24, 2.45) is 7.05 Å². The summed E-state index contributed by atoms with van der Waals surface area (Å²) in [5.41, 5.74) is 6.08. The fourth-order valence-corrected chi connectivity index (χ4v) is 5.05. The first kappa shape index (κ1) is 26.7. The molecule has 1 aromatic carbocycles. The fraction of sp³-hybridized carbons (Fsp3) is 0.414. The normalized spacial score (nSPS) is 17.1. The molecule has 3 heterocycles. The summed E-state index contributed by atoms with van der Waals surface area (Å²) in [5.74, 6) is 1.62. The number of hydrogen-bond acceptors (Lipinski definition) is 9. The van der Waals surface area contributed by atoms with Gasteiger partial charge in [0.2, 0.25) is 0 Å². The van der Waals surface area contributed by atoms with Gasteiger partial charge in [0.1, 0.15) is 17.9 Å². The lowest BCUT2D eigenvalue weighted by Gasteiger charge is -2.34. The Hall–Kier alpha value is -3.89. The van der Waals surface area contributed by atoms with Gasteiger partial charge in [0.25, 0.3) is 0 Å². The van der Waals surface area contributed by atoms with E-state index < -0.39 is 0 Å². The van der Waals surface area contributed by atoms with Gasteiger partial charge in [-0.15, -0.1) is 0 Å². The molecule has 5 rings (SSSR count). The molecule has 3 aromatic rings. The molecule has 1 aliphatic heterocycles. The Balaban J connectivity index is 1.35. The molecule has 39 heavy (non-hydrogen) atoms. The number of allylic oxidation sites excluding steroid dienone is 2. The minimum Gasteiger partial charge on any atom is -0.501 e. The van der Waals surface area contributed by atoms with Crippen molar-refractivity contribution in [2.45, 2.75) is 6.42 Å². The highest BCUT2D eigenvalue weighted by molar-refractivity contribution is 5.84. The van der Waals surface area contributed by atoms with Crippen LogP contribution < -0.4 is 10.6 Å². The van der Waals surface area contributed by atoms with Crippen molar-refractivity contribution in [3.8, 4) is 11.3 Å². The van der Waals surface area contributed by atoms with Crippen LogP contribution in [0.2, 0.25) is 0 Å². The summed E-state index contributed by atoms with van der Waals surface area (Å²) in [4.78, 5) is 16.3. The standard InChI is InChI=1S/C29H39N9O/c1-30-26-16-23(15-24(39-5)17-28(26)36(3)10-13-38-11-8-35(2)9-12-38)34-29-18-25(31-20-32-29)21-6-7-27-22(14-21)19-33-37(27)4/h6-7,14,16-20,30H,8-13,15H2,1-5H3,(H,31,32,34). The second-order valence-corrected chi connectivity index (χ2v) is 10.2. The van der Waals surface area contributed by atoms with Crippen LogP contribution >= 0.6 is 0 Å². The van der Waals surface area contributed by atoms with Gasteiger partial charge in [-0.1, -0.05) is 6.07 Å². The van der Waals surface area contributed by atoms with E-state index in [1.165, 1.54) is 0 Å². The van der Waals surface area contributed by atoms with Gasteiger partial charge >= 0.3 is 0 Å². The van der Waals surface area contributed by atoms with Crippen molar-refractivity contribution in [3.63, 3.8) is 0 Å². The Bertz CT molecular complexity index is 1400. The molecule has 2 aromatic heterocycles. The third-order valence-corrected chi connectivity index (χ3v) is 7.54. The van der Waals surface area contributed by atoms with Gasteiger partial charge in [-0.3, -0.25) is 9.58 Å². The van der Waals surface area contributed by atoms with Crippen molar-refractivity contribution < 1.29 is 4.74 Å². The van der Waals surface area contributed by atoms with Gasteiger partial charge in [0, 0.05) is 95.6 Å². The molecule has 0 unspecified atom stereocenters. The topological polar surface area (TPSA) is 86.6 Å².